The molecule has 1 aromatic rings. The predicted molar refractivity (Wildman–Crippen MR) is 75.9 cm³/mol. The van der Waals surface area contributed by atoms with Crippen molar-refractivity contribution in [2.24, 2.45) is 5.73 Å². The van der Waals surface area contributed by atoms with E-state index < -0.39 is 0 Å². The summed E-state index contributed by atoms with van der Waals surface area (Å²) >= 11 is 0. The average Bonchev–Trinajstić information content (AvgIpc) is 2.30. The van der Waals surface area contributed by atoms with Crippen molar-refractivity contribution in [2.75, 3.05) is 31.6 Å². The van der Waals surface area contributed by atoms with Crippen LogP contribution in [0.25, 0.3) is 0 Å². The summed E-state index contributed by atoms with van der Waals surface area (Å²) in [5.74, 6) is 1.12. The highest BCUT2D eigenvalue weighted by Crippen LogP contribution is 2.22. The second-order valence-corrected chi connectivity index (χ2v) is 5.47. The topological polar surface area (TPSA) is 45.4 Å². The molecule has 1 aromatic heterocycles. The first kappa shape index (κ1) is 13.3. The van der Waals surface area contributed by atoms with E-state index >= 15 is 0 Å². The van der Waals surface area contributed by atoms with E-state index in [4.69, 9.17) is 5.73 Å². The van der Waals surface area contributed by atoms with Crippen molar-refractivity contribution in [3.8, 4) is 0 Å². The van der Waals surface area contributed by atoms with Crippen LogP contribution in [-0.2, 0) is 6.42 Å². The van der Waals surface area contributed by atoms with Gasteiger partial charge in [0.2, 0.25) is 0 Å². The average molecular weight is 248 g/mol. The molecule has 0 aromatic carbocycles. The SMILES string of the molecule is CC(N)Cc1cccnc1N1CCN(C)CC1C. The van der Waals surface area contributed by atoms with Crippen molar-refractivity contribution >= 4 is 5.82 Å². The summed E-state index contributed by atoms with van der Waals surface area (Å²) in [4.78, 5) is 9.37. The molecule has 1 aliphatic heterocycles. The standard InChI is InChI=1S/C14H24N4/c1-11(15)9-13-5-4-6-16-14(13)18-8-7-17(3)10-12(18)2/h4-6,11-12H,7-10,15H2,1-3H3. The van der Waals surface area contributed by atoms with Crippen LogP contribution in [0, 0.1) is 0 Å². The van der Waals surface area contributed by atoms with Gasteiger partial charge in [0.25, 0.3) is 0 Å². The molecule has 2 unspecified atom stereocenters. The minimum absolute atomic E-state index is 0.177. The molecule has 100 valence electrons. The van der Waals surface area contributed by atoms with Crippen LogP contribution >= 0.6 is 0 Å². The number of hydrogen-bond donors (Lipinski definition) is 1. The first-order chi connectivity index (χ1) is 8.58. The van der Waals surface area contributed by atoms with E-state index in [0.29, 0.717) is 6.04 Å². The number of pyridine rings is 1. The fourth-order valence-corrected chi connectivity index (χ4v) is 2.65. The second kappa shape index (κ2) is 5.67. The Bertz CT molecular complexity index is 391. The lowest BCUT2D eigenvalue weighted by Crippen LogP contribution is -2.51. The highest BCUT2D eigenvalue weighted by Gasteiger charge is 2.24. The number of nitrogens with two attached hydrogens (primary N) is 1. The van der Waals surface area contributed by atoms with Crippen molar-refractivity contribution in [3.63, 3.8) is 0 Å². The molecular weight excluding hydrogens is 224 g/mol. The van der Waals surface area contributed by atoms with Crippen LogP contribution in [0.5, 0.6) is 0 Å². The smallest absolute Gasteiger partial charge is 0.132 e. The number of aromatic nitrogens is 1. The van der Waals surface area contributed by atoms with E-state index in [-0.39, 0.29) is 6.04 Å². The Labute approximate surface area is 110 Å². The van der Waals surface area contributed by atoms with Crippen LogP contribution in [0.15, 0.2) is 18.3 Å². The van der Waals surface area contributed by atoms with E-state index in [9.17, 15) is 0 Å². The van der Waals surface area contributed by atoms with Gasteiger partial charge in [-0.2, -0.15) is 0 Å². The van der Waals surface area contributed by atoms with E-state index in [2.05, 4.69) is 34.8 Å². The van der Waals surface area contributed by atoms with Crippen LogP contribution in [0.3, 0.4) is 0 Å². The number of hydrogen-bond acceptors (Lipinski definition) is 4. The first-order valence-corrected chi connectivity index (χ1v) is 6.72. The first-order valence-electron chi connectivity index (χ1n) is 6.72. The summed E-state index contributed by atoms with van der Waals surface area (Å²) in [6, 6.07) is 4.83. The van der Waals surface area contributed by atoms with Crippen LogP contribution in [0.2, 0.25) is 0 Å². The molecule has 0 amide bonds. The summed E-state index contributed by atoms with van der Waals surface area (Å²) in [5, 5.41) is 0. The number of likely N-dealkylation sites (N-methyl/N-ethyl adjacent to an activating group) is 1. The molecule has 4 nitrogen and oxygen atoms in total. The van der Waals surface area contributed by atoms with Crippen molar-refractivity contribution in [3.05, 3.63) is 23.9 Å². The van der Waals surface area contributed by atoms with E-state index in [1.54, 1.807) is 0 Å². The Kier molecular flexibility index (Phi) is 4.19. The van der Waals surface area contributed by atoms with Crippen LogP contribution < -0.4 is 10.6 Å². The third-order valence-corrected chi connectivity index (χ3v) is 3.51. The lowest BCUT2D eigenvalue weighted by molar-refractivity contribution is 0.274. The van der Waals surface area contributed by atoms with Crippen molar-refractivity contribution in [1.82, 2.24) is 9.88 Å². The molecular formula is C14H24N4. The Hall–Kier alpha value is -1.13. The Morgan fingerprint density at radius 3 is 2.94 bits per heavy atom. The molecule has 0 radical (unpaired) electrons. The summed E-state index contributed by atoms with van der Waals surface area (Å²) in [6.45, 7) is 7.54. The van der Waals surface area contributed by atoms with Gasteiger partial charge in [0.15, 0.2) is 0 Å². The third-order valence-electron chi connectivity index (χ3n) is 3.51. The quantitative estimate of drug-likeness (QED) is 0.870. The molecule has 0 bridgehead atoms. The normalized spacial score (nSPS) is 23.1. The van der Waals surface area contributed by atoms with Crippen molar-refractivity contribution in [1.29, 1.82) is 0 Å². The Balaban J connectivity index is 2.21. The monoisotopic (exact) mass is 248 g/mol. The fourth-order valence-electron chi connectivity index (χ4n) is 2.65. The number of anilines is 1. The summed E-state index contributed by atoms with van der Waals surface area (Å²) < 4.78 is 0. The maximum atomic E-state index is 5.93. The Morgan fingerprint density at radius 1 is 1.50 bits per heavy atom. The molecule has 18 heavy (non-hydrogen) atoms. The highest BCUT2D eigenvalue weighted by atomic mass is 15.3. The predicted octanol–water partition coefficient (Wildman–Crippen LogP) is 1.11. The molecule has 0 aliphatic carbocycles. The molecule has 0 spiro atoms. The van der Waals surface area contributed by atoms with E-state index in [1.807, 2.05) is 19.2 Å². The van der Waals surface area contributed by atoms with Crippen LogP contribution in [0.4, 0.5) is 5.82 Å². The summed E-state index contributed by atoms with van der Waals surface area (Å²) in [5.41, 5.74) is 7.19. The largest absolute Gasteiger partial charge is 0.351 e. The zero-order chi connectivity index (χ0) is 13.1. The van der Waals surface area contributed by atoms with Gasteiger partial charge in [0.1, 0.15) is 5.82 Å². The second-order valence-electron chi connectivity index (χ2n) is 5.47. The van der Waals surface area contributed by atoms with Gasteiger partial charge in [0, 0.05) is 37.9 Å². The van der Waals surface area contributed by atoms with Gasteiger partial charge in [-0.15, -0.1) is 0 Å². The van der Waals surface area contributed by atoms with Gasteiger partial charge in [0.05, 0.1) is 0 Å². The minimum atomic E-state index is 0.177. The van der Waals surface area contributed by atoms with Gasteiger partial charge < -0.3 is 15.5 Å². The summed E-state index contributed by atoms with van der Waals surface area (Å²) in [6.07, 6.45) is 2.77. The van der Waals surface area contributed by atoms with Gasteiger partial charge in [-0.3, -0.25) is 0 Å². The molecule has 4 heteroatoms. The molecule has 0 saturated carbocycles. The van der Waals surface area contributed by atoms with Gasteiger partial charge >= 0.3 is 0 Å². The van der Waals surface area contributed by atoms with Crippen molar-refractivity contribution < 1.29 is 0 Å². The maximum Gasteiger partial charge on any atom is 0.132 e. The molecule has 2 N–H and O–H groups in total. The van der Waals surface area contributed by atoms with Gasteiger partial charge in [-0.1, -0.05) is 6.07 Å². The lowest BCUT2D eigenvalue weighted by atomic mass is 10.1. The zero-order valence-corrected chi connectivity index (χ0v) is 11.6. The molecule has 2 rings (SSSR count). The molecule has 1 saturated heterocycles. The maximum absolute atomic E-state index is 5.93. The number of rotatable bonds is 3. The van der Waals surface area contributed by atoms with Crippen molar-refractivity contribution in [2.45, 2.75) is 32.4 Å². The van der Waals surface area contributed by atoms with E-state index in [0.717, 1.165) is 31.9 Å². The molecule has 2 heterocycles. The Morgan fingerprint density at radius 2 is 2.28 bits per heavy atom. The van der Waals surface area contributed by atoms with Gasteiger partial charge in [-0.25, -0.2) is 4.98 Å². The van der Waals surface area contributed by atoms with Crippen LogP contribution in [0.1, 0.15) is 19.4 Å². The van der Waals surface area contributed by atoms with Gasteiger partial charge in [-0.05, 0) is 38.9 Å². The third kappa shape index (κ3) is 3.00. The molecule has 2 atom stereocenters. The summed E-state index contributed by atoms with van der Waals surface area (Å²) in [7, 11) is 2.18. The highest BCUT2D eigenvalue weighted by molar-refractivity contribution is 5.48. The lowest BCUT2D eigenvalue weighted by Gasteiger charge is -2.39. The number of nitrogens with zero attached hydrogens (tertiary/aromatic N) is 3. The van der Waals surface area contributed by atoms with E-state index in [1.165, 1.54) is 5.56 Å². The van der Waals surface area contributed by atoms with Crippen LogP contribution in [-0.4, -0.2) is 48.6 Å². The molecule has 1 fully saturated rings. The number of piperazine rings is 1. The zero-order valence-electron chi connectivity index (χ0n) is 11.6. The fraction of sp³-hybridized carbons (Fsp3) is 0.643. The molecule has 1 aliphatic rings. The minimum Gasteiger partial charge on any atom is -0.351 e.